The molecular weight excluding hydrogens is 639 g/mol. The molecule has 1 aliphatic carbocycles. The number of anilines is 2. The zero-order valence-corrected chi connectivity index (χ0v) is 29.3. The molecule has 11 nitrogen and oxygen atoms in total. The van der Waals surface area contributed by atoms with E-state index in [1.54, 1.807) is 29.3 Å². The number of carbonyl (C=O) groups is 1. The topological polar surface area (TPSA) is 131 Å². The molecule has 2 fully saturated rings. The Morgan fingerprint density at radius 1 is 0.980 bits per heavy atom. The lowest BCUT2D eigenvalue weighted by atomic mass is 9.80. The standard InChI is InChI=1S/C37H43N7O4S/c1-23(2)11-13-29-22-48-34-18-31(35-24(3)7-5-8-25(35)4)40-37(41-34)42-49(46,47)30-10-6-9-27(17-30)36(45)44(29)21-28-19-38-20-33(39-28)43-16-15-26-12-14-32(26)43/h5-10,17-20,23,26,29,32H,11-16,21-22H2,1-4H3,(H,40,41,42)/t26-,29+,32-/m0/s1. The Balaban J connectivity index is 1.30. The van der Waals surface area contributed by atoms with Crippen LogP contribution in [0.15, 0.2) is 65.8 Å². The fraction of sp³-hybridized carbons (Fsp3) is 0.432. The second-order valence-electron chi connectivity index (χ2n) is 13.9. The third-order valence-electron chi connectivity index (χ3n) is 10.1. The summed E-state index contributed by atoms with van der Waals surface area (Å²) in [7, 11) is -4.16. The van der Waals surface area contributed by atoms with Gasteiger partial charge in [-0.2, -0.15) is 4.98 Å². The lowest BCUT2D eigenvalue weighted by Crippen LogP contribution is -2.44. The maximum Gasteiger partial charge on any atom is 0.264 e. The average molecular weight is 682 g/mol. The molecule has 1 saturated heterocycles. The summed E-state index contributed by atoms with van der Waals surface area (Å²) in [5, 5.41) is 0. The molecule has 256 valence electrons. The van der Waals surface area contributed by atoms with Crippen molar-refractivity contribution in [1.29, 1.82) is 0 Å². The molecule has 0 unspecified atom stereocenters. The first-order chi connectivity index (χ1) is 23.6. The molecule has 0 spiro atoms. The van der Waals surface area contributed by atoms with Gasteiger partial charge in [0.15, 0.2) is 0 Å². The first-order valence-electron chi connectivity index (χ1n) is 17.2. The summed E-state index contributed by atoms with van der Waals surface area (Å²) in [5.41, 5.74) is 4.30. The molecule has 4 aromatic rings. The van der Waals surface area contributed by atoms with Crippen LogP contribution in [-0.2, 0) is 16.6 Å². The number of aryl methyl sites for hydroxylation is 2. The van der Waals surface area contributed by atoms with Gasteiger partial charge in [0.05, 0.1) is 41.3 Å². The van der Waals surface area contributed by atoms with Gasteiger partial charge in [0.1, 0.15) is 12.4 Å². The van der Waals surface area contributed by atoms with E-state index in [-0.39, 0.29) is 47.4 Å². The van der Waals surface area contributed by atoms with Gasteiger partial charge in [-0.1, -0.05) is 38.1 Å². The van der Waals surface area contributed by atoms with Crippen molar-refractivity contribution < 1.29 is 17.9 Å². The van der Waals surface area contributed by atoms with Crippen molar-refractivity contribution in [3.05, 3.63) is 83.3 Å². The molecule has 1 N–H and O–H groups in total. The third kappa shape index (κ3) is 6.83. The van der Waals surface area contributed by atoms with E-state index >= 15 is 0 Å². The van der Waals surface area contributed by atoms with E-state index in [1.807, 2.05) is 38.2 Å². The first-order valence-corrected chi connectivity index (χ1v) is 18.6. The minimum atomic E-state index is -4.16. The maximum absolute atomic E-state index is 14.5. The van der Waals surface area contributed by atoms with E-state index in [2.05, 4.69) is 38.4 Å². The second kappa shape index (κ2) is 13.4. The Labute approximate surface area is 288 Å². The SMILES string of the molecule is Cc1cccc(C)c1-c1cc2nc(n1)NS(=O)(=O)c1cccc(c1)C(=O)N(Cc1cncc(N3CC[C@@H]4CC[C@@H]43)n1)[C@H](CCC(C)C)CO2. The number of amides is 1. The molecule has 0 radical (unpaired) electrons. The van der Waals surface area contributed by atoms with E-state index in [9.17, 15) is 13.2 Å². The minimum absolute atomic E-state index is 0.0642. The highest BCUT2D eigenvalue weighted by atomic mass is 32.2. The van der Waals surface area contributed by atoms with Crippen molar-refractivity contribution in [1.82, 2.24) is 24.8 Å². The molecule has 2 aliphatic heterocycles. The molecule has 12 heteroatoms. The van der Waals surface area contributed by atoms with Gasteiger partial charge < -0.3 is 14.5 Å². The summed E-state index contributed by atoms with van der Waals surface area (Å²) in [6.45, 7) is 9.56. The van der Waals surface area contributed by atoms with Gasteiger partial charge in [0.2, 0.25) is 11.8 Å². The van der Waals surface area contributed by atoms with Crippen LogP contribution in [0.2, 0.25) is 0 Å². The number of carbonyl (C=O) groups excluding carboxylic acids is 1. The normalized spacial score (nSPS) is 21.5. The fourth-order valence-corrected chi connectivity index (χ4v) is 8.26. The smallest absolute Gasteiger partial charge is 0.264 e. The molecule has 3 aliphatic rings. The lowest BCUT2D eigenvalue weighted by molar-refractivity contribution is 0.0561. The molecule has 1 amide bonds. The van der Waals surface area contributed by atoms with Gasteiger partial charge in [-0.15, -0.1) is 0 Å². The highest BCUT2D eigenvalue weighted by Crippen LogP contribution is 2.42. The van der Waals surface area contributed by atoms with E-state index < -0.39 is 10.0 Å². The van der Waals surface area contributed by atoms with Crippen molar-refractivity contribution in [2.75, 3.05) is 22.8 Å². The monoisotopic (exact) mass is 681 g/mol. The minimum Gasteiger partial charge on any atom is -0.475 e. The summed E-state index contributed by atoms with van der Waals surface area (Å²) in [6.07, 6.45) is 8.62. The largest absolute Gasteiger partial charge is 0.475 e. The van der Waals surface area contributed by atoms with Gasteiger partial charge >= 0.3 is 0 Å². The first kappa shape index (κ1) is 32.9. The molecule has 2 aromatic heterocycles. The Morgan fingerprint density at radius 2 is 1.78 bits per heavy atom. The summed E-state index contributed by atoms with van der Waals surface area (Å²) in [5.74, 6) is 1.74. The summed E-state index contributed by atoms with van der Waals surface area (Å²) in [4.78, 5) is 37.2. The predicted molar refractivity (Wildman–Crippen MR) is 188 cm³/mol. The number of benzene rings is 2. The maximum atomic E-state index is 14.5. The molecule has 4 bridgehead atoms. The summed E-state index contributed by atoms with van der Waals surface area (Å²) >= 11 is 0. The van der Waals surface area contributed by atoms with Crippen LogP contribution in [0.1, 0.15) is 73.1 Å². The van der Waals surface area contributed by atoms with Crippen LogP contribution in [0.3, 0.4) is 0 Å². The molecule has 7 rings (SSSR count). The zero-order valence-electron chi connectivity index (χ0n) is 28.5. The number of ether oxygens (including phenoxy) is 1. The van der Waals surface area contributed by atoms with Crippen LogP contribution in [0.4, 0.5) is 11.8 Å². The molecular formula is C37H43N7O4S. The Hall–Kier alpha value is -4.58. The zero-order chi connectivity index (χ0) is 34.3. The third-order valence-corrected chi connectivity index (χ3v) is 11.4. The number of sulfonamides is 1. The van der Waals surface area contributed by atoms with Gasteiger partial charge in [-0.05, 0) is 87.1 Å². The van der Waals surface area contributed by atoms with Crippen molar-refractivity contribution in [3.8, 4) is 17.1 Å². The van der Waals surface area contributed by atoms with E-state index in [0.29, 0.717) is 29.8 Å². The number of hydrogen-bond acceptors (Lipinski definition) is 9. The number of nitrogens with zero attached hydrogens (tertiary/aromatic N) is 6. The highest BCUT2D eigenvalue weighted by Gasteiger charge is 2.41. The summed E-state index contributed by atoms with van der Waals surface area (Å²) in [6, 6.07) is 13.9. The van der Waals surface area contributed by atoms with Crippen LogP contribution >= 0.6 is 0 Å². The number of nitrogens with one attached hydrogen (secondary N) is 1. The van der Waals surface area contributed by atoms with Crippen LogP contribution in [0, 0.1) is 25.7 Å². The van der Waals surface area contributed by atoms with E-state index in [0.717, 1.165) is 41.4 Å². The van der Waals surface area contributed by atoms with Crippen molar-refractivity contribution in [3.63, 3.8) is 0 Å². The second-order valence-corrected chi connectivity index (χ2v) is 15.6. The fourth-order valence-electron chi connectivity index (χ4n) is 7.27. The van der Waals surface area contributed by atoms with Gasteiger partial charge in [-0.3, -0.25) is 9.78 Å². The van der Waals surface area contributed by atoms with Gasteiger partial charge in [0.25, 0.3) is 15.9 Å². The Kier molecular flexibility index (Phi) is 8.99. The molecule has 4 heterocycles. The predicted octanol–water partition coefficient (Wildman–Crippen LogP) is 6.18. The molecule has 49 heavy (non-hydrogen) atoms. The van der Waals surface area contributed by atoms with Crippen molar-refractivity contribution in [2.45, 2.75) is 83.3 Å². The van der Waals surface area contributed by atoms with Crippen LogP contribution in [0.25, 0.3) is 11.3 Å². The molecule has 3 atom stereocenters. The van der Waals surface area contributed by atoms with Crippen LogP contribution < -0.4 is 14.4 Å². The van der Waals surface area contributed by atoms with Crippen molar-refractivity contribution >= 4 is 27.7 Å². The molecule has 1 saturated carbocycles. The Bertz CT molecular complexity index is 1970. The van der Waals surface area contributed by atoms with E-state index in [1.165, 1.54) is 31.4 Å². The van der Waals surface area contributed by atoms with Gasteiger partial charge in [0, 0.05) is 29.8 Å². The number of rotatable bonds is 7. The number of fused-ring (bicyclic) bond motifs is 5. The highest BCUT2D eigenvalue weighted by molar-refractivity contribution is 7.92. The van der Waals surface area contributed by atoms with E-state index in [4.69, 9.17) is 9.72 Å². The summed E-state index contributed by atoms with van der Waals surface area (Å²) < 4.78 is 36.4. The van der Waals surface area contributed by atoms with Crippen LogP contribution in [0.5, 0.6) is 5.88 Å². The van der Waals surface area contributed by atoms with Crippen molar-refractivity contribution in [2.24, 2.45) is 11.8 Å². The van der Waals surface area contributed by atoms with Crippen LogP contribution in [-0.4, -0.2) is 64.4 Å². The average Bonchev–Trinajstić information content (AvgIpc) is 3.35. The Morgan fingerprint density at radius 3 is 2.51 bits per heavy atom. The molecule has 2 aromatic carbocycles. The number of aromatic nitrogens is 4. The quantitative estimate of drug-likeness (QED) is 0.243. The van der Waals surface area contributed by atoms with Gasteiger partial charge in [-0.25, -0.2) is 23.1 Å². The lowest BCUT2D eigenvalue weighted by Gasteiger charge is -2.36. The number of hydrogen-bond donors (Lipinski definition) is 1.